The Morgan fingerprint density at radius 3 is 2.71 bits per heavy atom. The Bertz CT molecular complexity index is 797. The first-order valence-corrected chi connectivity index (χ1v) is 8.33. The molecule has 0 bridgehead atoms. The van der Waals surface area contributed by atoms with Crippen molar-refractivity contribution in [2.75, 3.05) is 0 Å². The van der Waals surface area contributed by atoms with Crippen LogP contribution < -0.4 is 0 Å². The number of imidazole rings is 1. The first-order valence-electron chi connectivity index (χ1n) is 6.23. The van der Waals surface area contributed by atoms with Gasteiger partial charge in [0.15, 0.2) is 0 Å². The first kappa shape index (κ1) is 15.1. The molecule has 21 heavy (non-hydrogen) atoms. The highest BCUT2D eigenvalue weighted by Crippen LogP contribution is 2.26. The van der Waals surface area contributed by atoms with Gasteiger partial charge in [-0.3, -0.25) is 0 Å². The summed E-state index contributed by atoms with van der Waals surface area (Å²) >= 11 is 19.3. The zero-order valence-electron chi connectivity index (χ0n) is 10.7. The van der Waals surface area contributed by atoms with Crippen LogP contribution in [0.5, 0.6) is 0 Å². The Morgan fingerprint density at radius 2 is 2.05 bits per heavy atom. The van der Waals surface area contributed by atoms with Crippen molar-refractivity contribution in [3.05, 3.63) is 50.1 Å². The molecule has 0 saturated heterocycles. The number of hydrogen-bond donors (Lipinski definition) is 0. The summed E-state index contributed by atoms with van der Waals surface area (Å²) in [6.07, 6.45) is 0.807. The normalized spacial score (nSPS) is 11.4. The molecule has 110 valence electrons. The number of alkyl halides is 1. The van der Waals surface area contributed by atoms with Crippen LogP contribution in [0.1, 0.15) is 10.7 Å². The smallest absolute Gasteiger partial charge is 0.144 e. The van der Waals surface area contributed by atoms with Gasteiger partial charge in [0.2, 0.25) is 0 Å². The second kappa shape index (κ2) is 6.13. The van der Waals surface area contributed by atoms with Gasteiger partial charge in [-0.25, -0.2) is 9.37 Å². The largest absolute Gasteiger partial charge is 0.327 e. The summed E-state index contributed by atoms with van der Waals surface area (Å²) in [5, 5.41) is 0.0870. The molecular weight excluding hydrogens is 354 g/mol. The maximum Gasteiger partial charge on any atom is 0.144 e. The van der Waals surface area contributed by atoms with E-state index in [9.17, 15) is 4.39 Å². The first-order chi connectivity index (χ1) is 10.1. The molecule has 3 aromatic rings. The third-order valence-electron chi connectivity index (χ3n) is 3.20. The van der Waals surface area contributed by atoms with E-state index in [0.717, 1.165) is 16.3 Å². The van der Waals surface area contributed by atoms with E-state index in [1.165, 1.54) is 10.9 Å². The van der Waals surface area contributed by atoms with Crippen LogP contribution in [0.15, 0.2) is 24.3 Å². The minimum absolute atomic E-state index is 0.0870. The van der Waals surface area contributed by atoms with Crippen molar-refractivity contribution >= 4 is 57.2 Å². The standard InChI is InChI=1S/C14H10Cl3FN2S/c15-7-14-19-11-6-10(18)9(16)5-12(11)20(14)4-3-8-1-2-13(17)21-8/h1-2,5-6H,3-4,7H2. The maximum absolute atomic E-state index is 13.5. The van der Waals surface area contributed by atoms with Crippen molar-refractivity contribution in [2.45, 2.75) is 18.8 Å². The van der Waals surface area contributed by atoms with Gasteiger partial charge in [0.25, 0.3) is 0 Å². The molecule has 2 heterocycles. The molecule has 1 aromatic carbocycles. The summed E-state index contributed by atoms with van der Waals surface area (Å²) in [6, 6.07) is 6.81. The molecule has 0 aliphatic heterocycles. The predicted molar refractivity (Wildman–Crippen MR) is 87.3 cm³/mol. The Balaban J connectivity index is 1.97. The van der Waals surface area contributed by atoms with Crippen LogP contribution in [-0.2, 0) is 18.8 Å². The van der Waals surface area contributed by atoms with E-state index in [1.54, 1.807) is 17.4 Å². The van der Waals surface area contributed by atoms with Crippen molar-refractivity contribution in [1.82, 2.24) is 9.55 Å². The van der Waals surface area contributed by atoms with E-state index >= 15 is 0 Å². The molecule has 0 spiro atoms. The molecule has 0 saturated carbocycles. The Hall–Kier alpha value is -0.810. The van der Waals surface area contributed by atoms with Gasteiger partial charge in [0.1, 0.15) is 11.6 Å². The van der Waals surface area contributed by atoms with Gasteiger partial charge in [-0.1, -0.05) is 23.2 Å². The fourth-order valence-corrected chi connectivity index (χ4v) is 3.67. The second-order valence-corrected chi connectivity index (χ2v) is 7.00. The van der Waals surface area contributed by atoms with Crippen molar-refractivity contribution in [1.29, 1.82) is 0 Å². The van der Waals surface area contributed by atoms with Crippen LogP contribution in [0.25, 0.3) is 11.0 Å². The van der Waals surface area contributed by atoms with Crippen LogP contribution in [0, 0.1) is 5.82 Å². The number of halogens is 4. The van der Waals surface area contributed by atoms with E-state index in [4.69, 9.17) is 34.8 Å². The molecular formula is C14H10Cl3FN2S. The quantitative estimate of drug-likeness (QED) is 0.558. The Labute approximate surface area is 140 Å². The SMILES string of the molecule is Fc1cc2nc(CCl)n(CCc3ccc(Cl)s3)c2cc1Cl. The van der Waals surface area contributed by atoms with Gasteiger partial charge in [-0.15, -0.1) is 22.9 Å². The lowest BCUT2D eigenvalue weighted by molar-refractivity contribution is 0.629. The molecule has 7 heteroatoms. The number of thiophene rings is 1. The third kappa shape index (κ3) is 3.04. The summed E-state index contributed by atoms with van der Waals surface area (Å²) in [5.74, 6) is 0.495. The monoisotopic (exact) mass is 362 g/mol. The Morgan fingerprint density at radius 1 is 1.24 bits per heavy atom. The second-order valence-electron chi connectivity index (χ2n) is 4.52. The lowest BCUT2D eigenvalue weighted by Gasteiger charge is -2.07. The minimum atomic E-state index is -0.472. The van der Waals surface area contributed by atoms with Crippen LogP contribution in [0.3, 0.4) is 0 Å². The summed E-state index contributed by atoms with van der Waals surface area (Å²) in [7, 11) is 0. The molecule has 3 rings (SSSR count). The topological polar surface area (TPSA) is 17.8 Å². The lowest BCUT2D eigenvalue weighted by Crippen LogP contribution is -2.04. The van der Waals surface area contributed by atoms with Crippen LogP contribution >= 0.6 is 46.1 Å². The van der Waals surface area contributed by atoms with E-state index in [2.05, 4.69) is 4.98 Å². The number of hydrogen-bond acceptors (Lipinski definition) is 2. The number of aryl methyl sites for hydroxylation is 2. The lowest BCUT2D eigenvalue weighted by atomic mass is 10.3. The Kier molecular flexibility index (Phi) is 4.41. The molecule has 0 N–H and O–H groups in total. The number of rotatable bonds is 4. The van der Waals surface area contributed by atoms with Crippen molar-refractivity contribution in [2.24, 2.45) is 0 Å². The van der Waals surface area contributed by atoms with E-state index in [0.29, 0.717) is 17.9 Å². The van der Waals surface area contributed by atoms with Gasteiger partial charge in [0, 0.05) is 17.5 Å². The fraction of sp³-hybridized carbons (Fsp3) is 0.214. The van der Waals surface area contributed by atoms with Crippen LogP contribution in [-0.4, -0.2) is 9.55 Å². The number of benzene rings is 1. The molecule has 0 atom stereocenters. The molecule has 0 amide bonds. The van der Waals surface area contributed by atoms with Gasteiger partial charge >= 0.3 is 0 Å². The third-order valence-corrected chi connectivity index (χ3v) is 5.02. The fourth-order valence-electron chi connectivity index (χ4n) is 2.23. The molecule has 0 aliphatic rings. The van der Waals surface area contributed by atoms with E-state index in [1.807, 2.05) is 16.7 Å². The van der Waals surface area contributed by atoms with Crippen molar-refractivity contribution < 1.29 is 4.39 Å². The number of nitrogens with zero attached hydrogens (tertiary/aromatic N) is 2. The zero-order chi connectivity index (χ0) is 15.0. The van der Waals surface area contributed by atoms with Crippen LogP contribution in [0.4, 0.5) is 4.39 Å². The number of fused-ring (bicyclic) bond motifs is 1. The zero-order valence-corrected chi connectivity index (χ0v) is 13.8. The number of aromatic nitrogens is 2. The molecule has 2 aromatic heterocycles. The van der Waals surface area contributed by atoms with E-state index < -0.39 is 5.82 Å². The average Bonchev–Trinajstić information content (AvgIpc) is 3.01. The summed E-state index contributed by atoms with van der Waals surface area (Å²) in [4.78, 5) is 5.54. The maximum atomic E-state index is 13.5. The summed E-state index contributed by atoms with van der Waals surface area (Å²) < 4.78 is 16.3. The predicted octanol–water partition coefficient (Wildman–Crippen LogP) is 5.53. The van der Waals surface area contributed by atoms with Gasteiger partial charge in [-0.2, -0.15) is 0 Å². The van der Waals surface area contributed by atoms with Gasteiger partial charge < -0.3 is 4.57 Å². The molecule has 2 nitrogen and oxygen atoms in total. The molecule has 0 fully saturated rings. The average molecular weight is 364 g/mol. The van der Waals surface area contributed by atoms with Gasteiger partial charge in [-0.05, 0) is 24.6 Å². The van der Waals surface area contributed by atoms with Gasteiger partial charge in [0.05, 0.1) is 26.3 Å². The van der Waals surface area contributed by atoms with Crippen LogP contribution in [0.2, 0.25) is 9.36 Å². The minimum Gasteiger partial charge on any atom is -0.327 e. The highest BCUT2D eigenvalue weighted by Gasteiger charge is 2.13. The van der Waals surface area contributed by atoms with E-state index in [-0.39, 0.29) is 10.9 Å². The van der Waals surface area contributed by atoms with Crippen molar-refractivity contribution in [3.8, 4) is 0 Å². The molecule has 0 aliphatic carbocycles. The highest BCUT2D eigenvalue weighted by atomic mass is 35.5. The summed E-state index contributed by atoms with van der Waals surface area (Å²) in [6.45, 7) is 0.692. The molecule has 0 radical (unpaired) electrons. The molecule has 0 unspecified atom stereocenters. The summed E-state index contributed by atoms with van der Waals surface area (Å²) in [5.41, 5.74) is 1.36. The highest BCUT2D eigenvalue weighted by molar-refractivity contribution is 7.16. The van der Waals surface area contributed by atoms with Crippen molar-refractivity contribution in [3.63, 3.8) is 0 Å².